The third kappa shape index (κ3) is 5.33. The van der Waals surface area contributed by atoms with E-state index in [-0.39, 0.29) is 18.2 Å². The number of nitrogens with one attached hydrogen (secondary N) is 1. The lowest BCUT2D eigenvalue weighted by molar-refractivity contribution is -0.129. The molecule has 0 bridgehead atoms. The Bertz CT molecular complexity index is 913. The zero-order valence-electron chi connectivity index (χ0n) is 17.3. The van der Waals surface area contributed by atoms with E-state index in [4.69, 9.17) is 9.47 Å². The monoisotopic (exact) mass is 427 g/mol. The Labute approximate surface area is 180 Å². The van der Waals surface area contributed by atoms with E-state index in [9.17, 15) is 9.59 Å². The van der Waals surface area contributed by atoms with Crippen molar-refractivity contribution in [3.8, 4) is 11.5 Å². The van der Waals surface area contributed by atoms with Gasteiger partial charge in [0.2, 0.25) is 11.8 Å². The van der Waals surface area contributed by atoms with Crippen molar-refractivity contribution in [2.24, 2.45) is 4.99 Å². The van der Waals surface area contributed by atoms with E-state index in [0.29, 0.717) is 23.9 Å². The Hall–Kier alpha value is -3.00. The van der Waals surface area contributed by atoms with Crippen molar-refractivity contribution in [2.75, 3.05) is 20.8 Å². The average molecular weight is 428 g/mol. The zero-order chi connectivity index (χ0) is 21.5. The Morgan fingerprint density at radius 1 is 1.07 bits per heavy atom. The van der Waals surface area contributed by atoms with Gasteiger partial charge < -0.3 is 14.8 Å². The molecule has 0 aliphatic carbocycles. The van der Waals surface area contributed by atoms with Crippen LogP contribution in [0.3, 0.4) is 0 Å². The molecule has 1 N–H and O–H groups in total. The summed E-state index contributed by atoms with van der Waals surface area (Å²) < 4.78 is 10.4. The summed E-state index contributed by atoms with van der Waals surface area (Å²) in [5, 5.41) is 2.84. The van der Waals surface area contributed by atoms with Crippen LogP contribution >= 0.6 is 11.8 Å². The van der Waals surface area contributed by atoms with Crippen LogP contribution in [0.5, 0.6) is 11.5 Å². The van der Waals surface area contributed by atoms with Gasteiger partial charge in [0.1, 0.15) is 16.7 Å². The second-order valence-corrected chi connectivity index (χ2v) is 7.80. The Morgan fingerprint density at radius 3 is 2.23 bits per heavy atom. The molecule has 1 saturated heterocycles. The minimum absolute atomic E-state index is 0.116. The van der Waals surface area contributed by atoms with Crippen molar-refractivity contribution in [3.05, 3.63) is 54.1 Å². The molecule has 2 aromatic rings. The molecular weight excluding hydrogens is 402 g/mol. The van der Waals surface area contributed by atoms with Crippen molar-refractivity contribution < 1.29 is 19.1 Å². The molecule has 30 heavy (non-hydrogen) atoms. The third-order valence-corrected chi connectivity index (χ3v) is 5.74. The third-order valence-electron chi connectivity index (χ3n) is 4.56. The molecule has 0 unspecified atom stereocenters. The van der Waals surface area contributed by atoms with E-state index in [2.05, 4.69) is 10.3 Å². The first-order valence-electron chi connectivity index (χ1n) is 9.64. The number of hydrogen-bond acceptors (Lipinski definition) is 6. The van der Waals surface area contributed by atoms with Gasteiger partial charge in [-0.1, -0.05) is 23.9 Å². The normalized spacial score (nSPS) is 17.3. The fraction of sp³-hybridized carbons (Fsp3) is 0.318. The van der Waals surface area contributed by atoms with Gasteiger partial charge >= 0.3 is 0 Å². The van der Waals surface area contributed by atoms with Crippen LogP contribution in [0.2, 0.25) is 0 Å². The van der Waals surface area contributed by atoms with Gasteiger partial charge in [-0.3, -0.25) is 14.5 Å². The summed E-state index contributed by atoms with van der Waals surface area (Å²) in [5.74, 6) is 1.23. The van der Waals surface area contributed by atoms with E-state index >= 15 is 0 Å². The predicted molar refractivity (Wildman–Crippen MR) is 118 cm³/mol. The summed E-state index contributed by atoms with van der Waals surface area (Å²) in [6.45, 7) is 2.76. The zero-order valence-corrected chi connectivity index (χ0v) is 18.1. The van der Waals surface area contributed by atoms with Crippen molar-refractivity contribution in [1.29, 1.82) is 0 Å². The highest BCUT2D eigenvalue weighted by atomic mass is 32.2. The lowest BCUT2D eigenvalue weighted by atomic mass is 10.2. The van der Waals surface area contributed by atoms with Gasteiger partial charge in [-0.2, -0.15) is 0 Å². The SMILES string of the molecule is CCNC(=O)C[C@H]1SC(=Nc2ccc(OC)cc2)N(Cc2ccc(OC)cc2)C1=O. The van der Waals surface area contributed by atoms with Crippen LogP contribution < -0.4 is 14.8 Å². The van der Waals surface area contributed by atoms with Crippen molar-refractivity contribution in [1.82, 2.24) is 10.2 Å². The Balaban J connectivity index is 1.85. The van der Waals surface area contributed by atoms with Crippen molar-refractivity contribution >= 4 is 34.4 Å². The molecule has 2 aromatic carbocycles. The number of benzene rings is 2. The van der Waals surface area contributed by atoms with Gasteiger partial charge in [-0.25, -0.2) is 4.99 Å². The van der Waals surface area contributed by atoms with E-state index in [1.807, 2.05) is 55.5 Å². The molecule has 0 spiro atoms. The van der Waals surface area contributed by atoms with Crippen LogP contribution in [-0.4, -0.2) is 47.9 Å². The fourth-order valence-corrected chi connectivity index (χ4v) is 4.15. The molecule has 7 nitrogen and oxygen atoms in total. The topological polar surface area (TPSA) is 80.2 Å². The first-order valence-corrected chi connectivity index (χ1v) is 10.5. The van der Waals surface area contributed by atoms with Gasteiger partial charge in [0.05, 0.1) is 26.5 Å². The minimum atomic E-state index is -0.494. The maximum absolute atomic E-state index is 13.1. The summed E-state index contributed by atoms with van der Waals surface area (Å²) in [4.78, 5) is 31.4. The standard InChI is InChI=1S/C22H25N3O4S/c1-4-23-20(26)13-19-21(27)25(14-15-5-9-17(28-2)10-6-15)22(30-19)24-16-7-11-18(29-3)12-8-16/h5-12,19H,4,13-14H2,1-3H3,(H,23,26)/t19-/m1/s1. The molecule has 3 rings (SSSR count). The summed E-state index contributed by atoms with van der Waals surface area (Å²) in [6, 6.07) is 14.9. The quantitative estimate of drug-likeness (QED) is 0.699. The van der Waals surface area contributed by atoms with Gasteiger partial charge in [0.25, 0.3) is 0 Å². The number of carbonyl (C=O) groups excluding carboxylic acids is 2. The lowest BCUT2D eigenvalue weighted by Crippen LogP contribution is -2.34. The number of amidine groups is 1. The van der Waals surface area contributed by atoms with Crippen LogP contribution in [-0.2, 0) is 16.1 Å². The molecule has 2 amide bonds. The molecule has 1 aliphatic heterocycles. The van der Waals surface area contributed by atoms with E-state index in [1.165, 1.54) is 11.8 Å². The van der Waals surface area contributed by atoms with Crippen LogP contribution in [0.4, 0.5) is 5.69 Å². The number of rotatable bonds is 8. The minimum Gasteiger partial charge on any atom is -0.497 e. The van der Waals surface area contributed by atoms with Crippen molar-refractivity contribution in [2.45, 2.75) is 25.1 Å². The first-order chi connectivity index (χ1) is 14.5. The second-order valence-electron chi connectivity index (χ2n) is 6.63. The Kier molecular flexibility index (Phi) is 7.35. The smallest absolute Gasteiger partial charge is 0.242 e. The number of aliphatic imine (C=N–C) groups is 1. The Morgan fingerprint density at radius 2 is 1.67 bits per heavy atom. The molecular formula is C22H25N3O4S. The first kappa shape index (κ1) is 21.7. The van der Waals surface area contributed by atoms with Crippen LogP contribution in [0.15, 0.2) is 53.5 Å². The van der Waals surface area contributed by atoms with Crippen LogP contribution in [0, 0.1) is 0 Å². The van der Waals surface area contributed by atoms with Gasteiger partial charge in [0, 0.05) is 13.0 Å². The molecule has 0 saturated carbocycles. The molecule has 1 aliphatic rings. The van der Waals surface area contributed by atoms with Crippen LogP contribution in [0.25, 0.3) is 0 Å². The largest absolute Gasteiger partial charge is 0.497 e. The van der Waals surface area contributed by atoms with E-state index < -0.39 is 5.25 Å². The molecule has 1 heterocycles. The second kappa shape index (κ2) is 10.2. The average Bonchev–Trinajstić information content (AvgIpc) is 3.03. The van der Waals surface area contributed by atoms with E-state index in [0.717, 1.165) is 17.1 Å². The maximum atomic E-state index is 13.1. The number of ether oxygens (including phenoxy) is 2. The lowest BCUT2D eigenvalue weighted by Gasteiger charge is -2.17. The van der Waals surface area contributed by atoms with Gasteiger partial charge in [-0.15, -0.1) is 0 Å². The number of thioether (sulfide) groups is 1. The van der Waals surface area contributed by atoms with E-state index in [1.54, 1.807) is 19.1 Å². The number of amides is 2. The van der Waals surface area contributed by atoms with Gasteiger partial charge in [-0.05, 0) is 48.9 Å². The molecule has 1 atom stereocenters. The maximum Gasteiger partial charge on any atom is 0.242 e. The molecule has 0 radical (unpaired) electrons. The van der Waals surface area contributed by atoms with Gasteiger partial charge in [0.15, 0.2) is 5.17 Å². The fourth-order valence-electron chi connectivity index (χ4n) is 2.99. The number of methoxy groups -OCH3 is 2. The summed E-state index contributed by atoms with van der Waals surface area (Å²) in [5.41, 5.74) is 1.66. The molecule has 8 heteroatoms. The molecule has 158 valence electrons. The highest BCUT2D eigenvalue weighted by Gasteiger charge is 2.39. The highest BCUT2D eigenvalue weighted by molar-refractivity contribution is 8.15. The van der Waals surface area contributed by atoms with Crippen molar-refractivity contribution in [3.63, 3.8) is 0 Å². The summed E-state index contributed by atoms with van der Waals surface area (Å²) in [6.07, 6.45) is 0.123. The summed E-state index contributed by atoms with van der Waals surface area (Å²) in [7, 11) is 3.22. The van der Waals surface area contributed by atoms with Crippen LogP contribution in [0.1, 0.15) is 18.9 Å². The summed E-state index contributed by atoms with van der Waals surface area (Å²) >= 11 is 1.32. The number of hydrogen-bond donors (Lipinski definition) is 1. The molecule has 0 aromatic heterocycles. The predicted octanol–water partition coefficient (Wildman–Crippen LogP) is 3.36. The number of carbonyl (C=O) groups is 2. The molecule has 1 fully saturated rings. The number of nitrogens with zero attached hydrogens (tertiary/aromatic N) is 2. The highest BCUT2D eigenvalue weighted by Crippen LogP contribution is 2.33.